The Morgan fingerprint density at radius 2 is 2.04 bits per heavy atom. The second-order valence-corrected chi connectivity index (χ2v) is 8.48. The number of hydrogen-bond acceptors (Lipinski definition) is 5. The van der Waals surface area contributed by atoms with Crippen molar-refractivity contribution in [2.24, 2.45) is 5.92 Å². The number of likely N-dealkylation sites (tertiary alicyclic amines) is 1. The minimum absolute atomic E-state index is 0.149. The zero-order chi connectivity index (χ0) is 19.3. The summed E-state index contributed by atoms with van der Waals surface area (Å²) in [5.41, 5.74) is 0.985. The van der Waals surface area contributed by atoms with Crippen LogP contribution in [0.1, 0.15) is 36.2 Å². The summed E-state index contributed by atoms with van der Waals surface area (Å²) >= 11 is 1.76. The monoisotopic (exact) mass is 401 g/mol. The van der Waals surface area contributed by atoms with E-state index in [0.717, 1.165) is 36.1 Å². The van der Waals surface area contributed by atoms with Gasteiger partial charge < -0.3 is 20.1 Å². The molecular weight excluding hydrogens is 374 g/mol. The van der Waals surface area contributed by atoms with Crippen molar-refractivity contribution in [3.63, 3.8) is 0 Å². The van der Waals surface area contributed by atoms with Crippen molar-refractivity contribution >= 4 is 17.4 Å². The molecule has 3 heterocycles. The molecule has 1 aromatic carbocycles. The van der Waals surface area contributed by atoms with Crippen LogP contribution in [0.3, 0.4) is 0 Å². The third-order valence-electron chi connectivity index (χ3n) is 5.48. The van der Waals surface area contributed by atoms with Crippen molar-refractivity contribution in [3.05, 3.63) is 46.2 Å². The Bertz CT molecular complexity index is 788. The van der Waals surface area contributed by atoms with Crippen LogP contribution in [0.5, 0.6) is 11.5 Å². The number of ether oxygens (including phenoxy) is 2. The zero-order valence-electron chi connectivity index (χ0n) is 16.1. The fraction of sp³-hybridized carbons (Fsp3) is 0.476. The first-order chi connectivity index (χ1) is 13.7. The molecule has 1 atom stereocenters. The number of nitrogens with zero attached hydrogens (tertiary/aromatic N) is 1. The molecule has 1 unspecified atom stereocenters. The standard InChI is InChI=1S/C21H27N3O3S/c1-15-6-8-24(9-7-15)17(20-3-2-10-28-20)13-23-21(25)22-12-16-4-5-18-19(11-16)27-14-26-18/h2-5,10-11,15,17H,6-9,12-14H2,1H3,(H2,22,23,25). The molecule has 1 saturated heterocycles. The second-order valence-electron chi connectivity index (χ2n) is 7.50. The second kappa shape index (κ2) is 8.84. The van der Waals surface area contributed by atoms with Crippen molar-refractivity contribution < 1.29 is 14.3 Å². The van der Waals surface area contributed by atoms with E-state index in [4.69, 9.17) is 9.47 Å². The molecule has 2 amide bonds. The Balaban J connectivity index is 1.30. The maximum atomic E-state index is 12.4. The summed E-state index contributed by atoms with van der Waals surface area (Å²) in [7, 11) is 0. The highest BCUT2D eigenvalue weighted by Crippen LogP contribution is 2.32. The van der Waals surface area contributed by atoms with Gasteiger partial charge >= 0.3 is 6.03 Å². The van der Waals surface area contributed by atoms with Crippen LogP contribution in [0.2, 0.25) is 0 Å². The normalized spacial score (nSPS) is 18.0. The number of carbonyl (C=O) groups is 1. The molecule has 0 saturated carbocycles. The van der Waals surface area contributed by atoms with Gasteiger partial charge in [0, 0.05) is 18.0 Å². The average molecular weight is 402 g/mol. The average Bonchev–Trinajstić information content (AvgIpc) is 3.39. The number of benzene rings is 1. The number of urea groups is 1. The third-order valence-corrected chi connectivity index (χ3v) is 6.45. The van der Waals surface area contributed by atoms with Crippen LogP contribution in [-0.2, 0) is 6.54 Å². The minimum atomic E-state index is -0.149. The van der Waals surface area contributed by atoms with E-state index in [-0.39, 0.29) is 18.9 Å². The maximum absolute atomic E-state index is 12.4. The van der Waals surface area contributed by atoms with Gasteiger partial charge in [0.05, 0.1) is 6.04 Å². The molecule has 28 heavy (non-hydrogen) atoms. The fourth-order valence-electron chi connectivity index (χ4n) is 3.72. The Kier molecular flexibility index (Phi) is 6.02. The topological polar surface area (TPSA) is 62.8 Å². The number of piperidine rings is 1. The van der Waals surface area contributed by atoms with Gasteiger partial charge in [0.25, 0.3) is 0 Å². The summed E-state index contributed by atoms with van der Waals surface area (Å²) < 4.78 is 10.7. The van der Waals surface area contributed by atoms with Crippen molar-refractivity contribution in [2.75, 3.05) is 26.4 Å². The number of hydrogen-bond donors (Lipinski definition) is 2. The lowest BCUT2D eigenvalue weighted by Crippen LogP contribution is -2.44. The van der Waals surface area contributed by atoms with Gasteiger partial charge in [-0.15, -0.1) is 11.3 Å². The Morgan fingerprint density at radius 1 is 1.21 bits per heavy atom. The summed E-state index contributed by atoms with van der Waals surface area (Å²) in [4.78, 5) is 16.2. The molecular formula is C21H27N3O3S. The van der Waals surface area contributed by atoms with E-state index in [1.54, 1.807) is 11.3 Å². The minimum Gasteiger partial charge on any atom is -0.454 e. The number of thiophene rings is 1. The first-order valence-electron chi connectivity index (χ1n) is 9.87. The van der Waals surface area contributed by atoms with E-state index in [1.165, 1.54) is 17.7 Å². The fourth-order valence-corrected chi connectivity index (χ4v) is 4.58. The molecule has 7 heteroatoms. The van der Waals surface area contributed by atoms with Crippen LogP contribution in [0.4, 0.5) is 4.79 Å². The predicted molar refractivity (Wildman–Crippen MR) is 110 cm³/mol. The smallest absolute Gasteiger partial charge is 0.315 e. The molecule has 2 aromatic rings. The van der Waals surface area contributed by atoms with E-state index in [9.17, 15) is 4.79 Å². The first-order valence-corrected chi connectivity index (χ1v) is 10.7. The molecule has 0 bridgehead atoms. The van der Waals surface area contributed by atoms with Crippen LogP contribution in [-0.4, -0.2) is 37.4 Å². The quantitative estimate of drug-likeness (QED) is 0.774. The molecule has 0 radical (unpaired) electrons. The maximum Gasteiger partial charge on any atom is 0.315 e. The van der Waals surface area contributed by atoms with Crippen molar-refractivity contribution in [1.29, 1.82) is 0 Å². The molecule has 0 spiro atoms. The van der Waals surface area contributed by atoms with Gasteiger partial charge in [0.1, 0.15) is 0 Å². The van der Waals surface area contributed by atoms with Gasteiger partial charge in [-0.3, -0.25) is 4.90 Å². The number of rotatable bonds is 6. The SMILES string of the molecule is CC1CCN(C(CNC(=O)NCc2ccc3c(c2)OCO3)c2cccs2)CC1. The summed E-state index contributed by atoms with van der Waals surface area (Å²) in [5, 5.41) is 8.11. The van der Waals surface area contributed by atoms with E-state index >= 15 is 0 Å². The molecule has 2 N–H and O–H groups in total. The van der Waals surface area contributed by atoms with Crippen molar-refractivity contribution in [2.45, 2.75) is 32.4 Å². The van der Waals surface area contributed by atoms with Gasteiger partial charge in [-0.1, -0.05) is 19.1 Å². The van der Waals surface area contributed by atoms with Crippen LogP contribution in [0.15, 0.2) is 35.7 Å². The lowest BCUT2D eigenvalue weighted by Gasteiger charge is -2.36. The van der Waals surface area contributed by atoms with Gasteiger partial charge in [-0.05, 0) is 61.0 Å². The molecule has 0 aliphatic carbocycles. The summed E-state index contributed by atoms with van der Waals surface area (Å²) in [6.45, 7) is 5.81. The molecule has 1 fully saturated rings. The molecule has 1 aromatic heterocycles. The zero-order valence-corrected chi connectivity index (χ0v) is 17.0. The predicted octanol–water partition coefficient (Wildman–Crippen LogP) is 3.75. The van der Waals surface area contributed by atoms with Gasteiger partial charge in [-0.25, -0.2) is 4.79 Å². The van der Waals surface area contributed by atoms with Crippen molar-refractivity contribution in [1.82, 2.24) is 15.5 Å². The van der Waals surface area contributed by atoms with E-state index < -0.39 is 0 Å². The van der Waals surface area contributed by atoms with Crippen LogP contribution in [0, 0.1) is 5.92 Å². The lowest BCUT2D eigenvalue weighted by molar-refractivity contribution is 0.138. The van der Waals surface area contributed by atoms with Crippen LogP contribution in [0.25, 0.3) is 0 Å². The molecule has 6 nitrogen and oxygen atoms in total. The highest BCUT2D eigenvalue weighted by molar-refractivity contribution is 7.10. The summed E-state index contributed by atoms with van der Waals surface area (Å²) in [6.07, 6.45) is 2.44. The summed E-state index contributed by atoms with van der Waals surface area (Å²) in [6, 6.07) is 10.1. The van der Waals surface area contributed by atoms with E-state index in [0.29, 0.717) is 13.1 Å². The first kappa shape index (κ1) is 19.1. The largest absolute Gasteiger partial charge is 0.454 e. The Hall–Kier alpha value is -2.25. The molecule has 4 rings (SSSR count). The van der Waals surface area contributed by atoms with Crippen LogP contribution < -0.4 is 20.1 Å². The molecule has 150 valence electrons. The van der Waals surface area contributed by atoms with Crippen molar-refractivity contribution in [3.8, 4) is 11.5 Å². The molecule has 2 aliphatic heterocycles. The van der Waals surface area contributed by atoms with Crippen LogP contribution >= 0.6 is 11.3 Å². The number of carbonyl (C=O) groups excluding carboxylic acids is 1. The Morgan fingerprint density at radius 3 is 2.82 bits per heavy atom. The Labute approximate surface area is 169 Å². The lowest BCUT2D eigenvalue weighted by atomic mass is 9.97. The highest BCUT2D eigenvalue weighted by atomic mass is 32.1. The number of fused-ring (bicyclic) bond motifs is 1. The highest BCUT2D eigenvalue weighted by Gasteiger charge is 2.25. The van der Waals surface area contributed by atoms with Gasteiger partial charge in [0.2, 0.25) is 6.79 Å². The molecule has 2 aliphatic rings. The third kappa shape index (κ3) is 4.59. The number of amides is 2. The summed E-state index contributed by atoms with van der Waals surface area (Å²) in [5.74, 6) is 2.28. The van der Waals surface area contributed by atoms with Gasteiger partial charge in [0.15, 0.2) is 11.5 Å². The van der Waals surface area contributed by atoms with E-state index in [2.05, 4.69) is 40.0 Å². The van der Waals surface area contributed by atoms with Gasteiger partial charge in [-0.2, -0.15) is 0 Å². The number of nitrogens with one attached hydrogen (secondary N) is 2. The van der Waals surface area contributed by atoms with E-state index in [1.807, 2.05) is 18.2 Å².